The van der Waals surface area contributed by atoms with Crippen molar-refractivity contribution in [1.29, 1.82) is 0 Å². The highest BCUT2D eigenvalue weighted by Gasteiger charge is 2.32. The standard InChI is InChI=1S/C17H26N2/c1-13-8-14(2)10-15(9-13)11-19-7-3-6-18-17(12-19)16-4-5-16/h8-10,16-18H,3-7,11-12H2,1-2H3. The summed E-state index contributed by atoms with van der Waals surface area (Å²) in [4.78, 5) is 2.65. The Labute approximate surface area is 117 Å². The van der Waals surface area contributed by atoms with E-state index in [1.807, 2.05) is 0 Å². The van der Waals surface area contributed by atoms with E-state index in [1.165, 1.54) is 55.6 Å². The molecule has 1 aliphatic heterocycles. The first-order chi connectivity index (χ1) is 9.20. The second kappa shape index (κ2) is 5.64. The fourth-order valence-corrected chi connectivity index (χ4v) is 3.40. The Morgan fingerprint density at radius 3 is 2.58 bits per heavy atom. The smallest absolute Gasteiger partial charge is 0.0234 e. The van der Waals surface area contributed by atoms with E-state index >= 15 is 0 Å². The predicted molar refractivity (Wildman–Crippen MR) is 80.3 cm³/mol. The molecule has 0 amide bonds. The fourth-order valence-electron chi connectivity index (χ4n) is 3.40. The molecule has 0 bridgehead atoms. The molecule has 2 aliphatic rings. The van der Waals surface area contributed by atoms with Crippen LogP contribution in [0.2, 0.25) is 0 Å². The lowest BCUT2D eigenvalue weighted by atomic mass is 10.1. The Morgan fingerprint density at radius 1 is 1.16 bits per heavy atom. The van der Waals surface area contributed by atoms with Crippen LogP contribution in [-0.2, 0) is 6.54 Å². The molecule has 1 aromatic carbocycles. The van der Waals surface area contributed by atoms with Crippen molar-refractivity contribution in [1.82, 2.24) is 10.2 Å². The van der Waals surface area contributed by atoms with Crippen LogP contribution >= 0.6 is 0 Å². The van der Waals surface area contributed by atoms with Crippen LogP contribution in [0.25, 0.3) is 0 Å². The van der Waals surface area contributed by atoms with Gasteiger partial charge in [0.05, 0.1) is 0 Å². The summed E-state index contributed by atoms with van der Waals surface area (Å²) in [5.41, 5.74) is 4.26. The van der Waals surface area contributed by atoms with Crippen LogP contribution in [0, 0.1) is 19.8 Å². The van der Waals surface area contributed by atoms with E-state index in [1.54, 1.807) is 0 Å². The van der Waals surface area contributed by atoms with Gasteiger partial charge in [-0.15, -0.1) is 0 Å². The minimum Gasteiger partial charge on any atom is -0.312 e. The zero-order valence-corrected chi connectivity index (χ0v) is 12.3. The maximum absolute atomic E-state index is 3.74. The molecule has 1 unspecified atom stereocenters. The van der Waals surface area contributed by atoms with Gasteiger partial charge in [-0.05, 0) is 57.7 Å². The zero-order chi connectivity index (χ0) is 13.2. The number of aryl methyl sites for hydroxylation is 2. The molecule has 1 atom stereocenters. The van der Waals surface area contributed by atoms with E-state index < -0.39 is 0 Å². The number of nitrogens with one attached hydrogen (secondary N) is 1. The van der Waals surface area contributed by atoms with Crippen molar-refractivity contribution in [2.24, 2.45) is 5.92 Å². The van der Waals surface area contributed by atoms with Crippen molar-refractivity contribution < 1.29 is 0 Å². The summed E-state index contributed by atoms with van der Waals surface area (Å²) in [6.07, 6.45) is 4.16. The molecule has 0 spiro atoms. The van der Waals surface area contributed by atoms with Gasteiger partial charge in [0.25, 0.3) is 0 Å². The van der Waals surface area contributed by atoms with E-state index in [4.69, 9.17) is 0 Å². The van der Waals surface area contributed by atoms with E-state index in [9.17, 15) is 0 Å². The molecule has 2 heteroatoms. The van der Waals surface area contributed by atoms with Gasteiger partial charge in [-0.2, -0.15) is 0 Å². The Kier molecular flexibility index (Phi) is 3.90. The van der Waals surface area contributed by atoms with Crippen molar-refractivity contribution in [2.45, 2.75) is 45.7 Å². The van der Waals surface area contributed by atoms with Gasteiger partial charge in [-0.1, -0.05) is 29.3 Å². The monoisotopic (exact) mass is 258 g/mol. The highest BCUT2D eigenvalue weighted by Crippen LogP contribution is 2.33. The van der Waals surface area contributed by atoms with Gasteiger partial charge in [0.1, 0.15) is 0 Å². The van der Waals surface area contributed by atoms with Gasteiger partial charge in [0.2, 0.25) is 0 Å². The molecule has 2 fully saturated rings. The average Bonchev–Trinajstić information content (AvgIpc) is 3.13. The SMILES string of the molecule is Cc1cc(C)cc(CN2CCCNC(C3CC3)C2)c1. The van der Waals surface area contributed by atoms with E-state index in [-0.39, 0.29) is 0 Å². The van der Waals surface area contributed by atoms with Crippen LogP contribution < -0.4 is 5.32 Å². The molecule has 0 aromatic heterocycles. The molecule has 1 aliphatic carbocycles. The van der Waals surface area contributed by atoms with Gasteiger partial charge < -0.3 is 5.32 Å². The first-order valence-corrected chi connectivity index (χ1v) is 7.73. The lowest BCUT2D eigenvalue weighted by Gasteiger charge is -2.24. The number of hydrogen-bond donors (Lipinski definition) is 1. The molecule has 1 aromatic rings. The molecule has 19 heavy (non-hydrogen) atoms. The Morgan fingerprint density at radius 2 is 1.89 bits per heavy atom. The number of rotatable bonds is 3. The Balaban J connectivity index is 1.66. The van der Waals surface area contributed by atoms with Crippen molar-refractivity contribution >= 4 is 0 Å². The third-order valence-electron chi connectivity index (χ3n) is 4.39. The largest absolute Gasteiger partial charge is 0.312 e. The summed E-state index contributed by atoms with van der Waals surface area (Å²) in [7, 11) is 0. The summed E-state index contributed by atoms with van der Waals surface area (Å²) in [5, 5.41) is 3.74. The van der Waals surface area contributed by atoms with E-state index in [2.05, 4.69) is 42.3 Å². The van der Waals surface area contributed by atoms with Gasteiger partial charge in [0.15, 0.2) is 0 Å². The minimum absolute atomic E-state index is 0.744. The number of hydrogen-bond acceptors (Lipinski definition) is 2. The maximum Gasteiger partial charge on any atom is 0.0234 e. The molecule has 1 heterocycles. The Bertz CT molecular complexity index is 417. The van der Waals surface area contributed by atoms with Crippen molar-refractivity contribution in [3.8, 4) is 0 Å². The third-order valence-corrected chi connectivity index (χ3v) is 4.39. The van der Waals surface area contributed by atoms with Gasteiger partial charge >= 0.3 is 0 Å². The van der Waals surface area contributed by atoms with Gasteiger partial charge in [-0.25, -0.2) is 0 Å². The molecule has 0 radical (unpaired) electrons. The summed E-state index contributed by atoms with van der Waals surface area (Å²) >= 11 is 0. The second-order valence-corrected chi connectivity index (χ2v) is 6.48. The zero-order valence-electron chi connectivity index (χ0n) is 12.3. The lowest BCUT2D eigenvalue weighted by molar-refractivity contribution is 0.251. The van der Waals surface area contributed by atoms with E-state index in [0.29, 0.717) is 0 Å². The predicted octanol–water partition coefficient (Wildman–Crippen LogP) is 2.88. The fraction of sp³-hybridized carbons (Fsp3) is 0.647. The summed E-state index contributed by atoms with van der Waals surface area (Å²) in [6.45, 7) is 9.19. The van der Waals surface area contributed by atoms with Crippen molar-refractivity contribution in [2.75, 3.05) is 19.6 Å². The summed E-state index contributed by atoms with van der Waals surface area (Å²) in [6, 6.07) is 7.70. The molecule has 3 rings (SSSR count). The van der Waals surface area contributed by atoms with Crippen LogP contribution in [0.3, 0.4) is 0 Å². The van der Waals surface area contributed by atoms with Crippen LogP contribution in [0.15, 0.2) is 18.2 Å². The molecule has 1 saturated heterocycles. The number of benzene rings is 1. The van der Waals surface area contributed by atoms with Crippen LogP contribution in [0.4, 0.5) is 0 Å². The van der Waals surface area contributed by atoms with Gasteiger partial charge in [0, 0.05) is 19.1 Å². The first-order valence-electron chi connectivity index (χ1n) is 7.73. The third kappa shape index (κ3) is 3.58. The van der Waals surface area contributed by atoms with Crippen LogP contribution in [0.1, 0.15) is 36.0 Å². The summed E-state index contributed by atoms with van der Waals surface area (Å²) < 4.78 is 0. The van der Waals surface area contributed by atoms with Crippen molar-refractivity contribution in [3.63, 3.8) is 0 Å². The van der Waals surface area contributed by atoms with E-state index in [0.717, 1.165) is 18.5 Å². The molecule has 1 N–H and O–H groups in total. The van der Waals surface area contributed by atoms with Crippen LogP contribution in [-0.4, -0.2) is 30.6 Å². The molecule has 1 saturated carbocycles. The Hall–Kier alpha value is -0.860. The first kappa shape index (κ1) is 13.1. The molecular weight excluding hydrogens is 232 g/mol. The summed E-state index contributed by atoms with van der Waals surface area (Å²) in [5.74, 6) is 0.958. The topological polar surface area (TPSA) is 15.3 Å². The molecular formula is C17H26N2. The quantitative estimate of drug-likeness (QED) is 0.897. The average molecular weight is 258 g/mol. The molecule has 2 nitrogen and oxygen atoms in total. The van der Waals surface area contributed by atoms with Gasteiger partial charge in [-0.3, -0.25) is 4.90 Å². The molecule has 104 valence electrons. The highest BCUT2D eigenvalue weighted by atomic mass is 15.2. The van der Waals surface area contributed by atoms with Crippen molar-refractivity contribution in [3.05, 3.63) is 34.9 Å². The normalized spacial score (nSPS) is 25.3. The highest BCUT2D eigenvalue weighted by molar-refractivity contribution is 5.28. The lowest BCUT2D eigenvalue weighted by Crippen LogP contribution is -2.38. The van der Waals surface area contributed by atoms with Crippen LogP contribution in [0.5, 0.6) is 0 Å². The minimum atomic E-state index is 0.744. The second-order valence-electron chi connectivity index (χ2n) is 6.48. The maximum atomic E-state index is 3.74. The number of nitrogens with zero attached hydrogens (tertiary/aromatic N) is 1.